The van der Waals surface area contributed by atoms with Crippen LogP contribution >= 0.6 is 0 Å². The molecule has 1 amide bonds. The number of benzene rings is 1. The van der Waals surface area contributed by atoms with Gasteiger partial charge in [-0.05, 0) is 44.7 Å². The maximum Gasteiger partial charge on any atom is 0.277 e. The highest BCUT2D eigenvalue weighted by Gasteiger charge is 2.24. The van der Waals surface area contributed by atoms with Crippen LogP contribution < -0.4 is 5.43 Å². The highest BCUT2D eigenvalue weighted by molar-refractivity contribution is 6.01. The molecule has 0 bridgehead atoms. The van der Waals surface area contributed by atoms with Crippen LogP contribution in [0.1, 0.15) is 48.2 Å². The molecule has 27 heavy (non-hydrogen) atoms. The van der Waals surface area contributed by atoms with Crippen molar-refractivity contribution in [1.82, 2.24) is 25.6 Å². The molecule has 0 spiro atoms. The van der Waals surface area contributed by atoms with Crippen LogP contribution in [-0.4, -0.2) is 31.8 Å². The molecule has 2 aromatic heterocycles. The quantitative estimate of drug-likeness (QED) is 0.716. The molecule has 0 unspecified atom stereocenters. The molecule has 1 aromatic carbocycles. The molecule has 1 fully saturated rings. The molecule has 1 N–H and O–H groups in total. The van der Waals surface area contributed by atoms with Gasteiger partial charge in [0.15, 0.2) is 0 Å². The van der Waals surface area contributed by atoms with E-state index in [2.05, 4.69) is 25.9 Å². The van der Waals surface area contributed by atoms with Gasteiger partial charge in [0, 0.05) is 5.71 Å². The summed E-state index contributed by atoms with van der Waals surface area (Å²) in [5, 5.41) is 17.0. The Balaban J connectivity index is 1.58. The second-order valence-corrected chi connectivity index (χ2v) is 6.50. The predicted molar refractivity (Wildman–Crippen MR) is 99.6 cm³/mol. The van der Waals surface area contributed by atoms with E-state index in [9.17, 15) is 4.79 Å². The zero-order chi connectivity index (χ0) is 18.6. The summed E-state index contributed by atoms with van der Waals surface area (Å²) in [5.74, 6) is 0.0664. The molecule has 3 aromatic rings. The lowest BCUT2D eigenvalue weighted by Gasteiger charge is -2.11. The van der Waals surface area contributed by atoms with Gasteiger partial charge >= 0.3 is 0 Å². The Labute approximate surface area is 156 Å². The SMILES string of the molecule is Cc1onc(-c2cnn(-c3ccccc3)n2)c1C(=O)NN=C1CCCCC1. The van der Waals surface area contributed by atoms with Crippen molar-refractivity contribution in [2.45, 2.75) is 39.0 Å². The minimum Gasteiger partial charge on any atom is -0.360 e. The Hall–Kier alpha value is -3.29. The maximum atomic E-state index is 12.7. The average Bonchev–Trinajstić information content (AvgIpc) is 3.34. The lowest BCUT2D eigenvalue weighted by Crippen LogP contribution is -2.21. The maximum absolute atomic E-state index is 12.7. The van der Waals surface area contributed by atoms with Crippen molar-refractivity contribution < 1.29 is 9.32 Å². The van der Waals surface area contributed by atoms with Crippen LogP contribution in [0, 0.1) is 6.92 Å². The number of nitrogens with zero attached hydrogens (tertiary/aromatic N) is 5. The molecule has 1 saturated carbocycles. The highest BCUT2D eigenvalue weighted by Crippen LogP contribution is 2.24. The van der Waals surface area contributed by atoms with Gasteiger partial charge in [-0.3, -0.25) is 4.79 Å². The molecule has 1 aliphatic rings. The largest absolute Gasteiger partial charge is 0.360 e. The van der Waals surface area contributed by atoms with Crippen molar-refractivity contribution in [3.63, 3.8) is 0 Å². The number of hydrazone groups is 1. The Morgan fingerprint density at radius 2 is 1.96 bits per heavy atom. The molecule has 1 aliphatic carbocycles. The van der Waals surface area contributed by atoms with Gasteiger partial charge in [0.2, 0.25) is 0 Å². The number of amides is 1. The highest BCUT2D eigenvalue weighted by atomic mass is 16.5. The number of hydrogen-bond donors (Lipinski definition) is 1. The van der Waals surface area contributed by atoms with Gasteiger partial charge in [-0.15, -0.1) is 5.10 Å². The molecule has 0 atom stereocenters. The van der Waals surface area contributed by atoms with Crippen molar-refractivity contribution in [3.8, 4) is 17.1 Å². The van der Waals surface area contributed by atoms with Crippen LogP contribution in [0.3, 0.4) is 0 Å². The third kappa shape index (κ3) is 3.64. The zero-order valence-electron chi connectivity index (χ0n) is 15.1. The summed E-state index contributed by atoms with van der Waals surface area (Å²) in [6, 6.07) is 9.52. The molecule has 0 saturated heterocycles. The Morgan fingerprint density at radius 1 is 1.19 bits per heavy atom. The summed E-state index contributed by atoms with van der Waals surface area (Å²) >= 11 is 0. The number of aryl methyl sites for hydroxylation is 1. The summed E-state index contributed by atoms with van der Waals surface area (Å²) in [6.45, 7) is 1.70. The zero-order valence-corrected chi connectivity index (χ0v) is 15.1. The third-order valence-electron chi connectivity index (χ3n) is 4.56. The van der Waals surface area contributed by atoms with Gasteiger partial charge in [0.25, 0.3) is 5.91 Å². The minimum atomic E-state index is -0.351. The van der Waals surface area contributed by atoms with Crippen LogP contribution in [-0.2, 0) is 0 Å². The minimum absolute atomic E-state index is 0.329. The van der Waals surface area contributed by atoms with Crippen LogP contribution in [0.25, 0.3) is 17.1 Å². The number of rotatable bonds is 4. The summed E-state index contributed by atoms with van der Waals surface area (Å²) in [6.07, 6.45) is 6.89. The molecule has 8 heteroatoms. The normalized spacial score (nSPS) is 14.2. The van der Waals surface area contributed by atoms with Crippen LogP contribution in [0.2, 0.25) is 0 Å². The van der Waals surface area contributed by atoms with Crippen LogP contribution in [0.4, 0.5) is 0 Å². The topological polar surface area (TPSA) is 98.2 Å². The van der Waals surface area contributed by atoms with Gasteiger partial charge in [0.1, 0.15) is 22.7 Å². The van der Waals surface area contributed by atoms with Crippen molar-refractivity contribution in [1.29, 1.82) is 0 Å². The van der Waals surface area contributed by atoms with Gasteiger partial charge in [-0.25, -0.2) is 5.43 Å². The number of para-hydroxylation sites is 1. The Bertz CT molecular complexity index is 965. The second kappa shape index (κ2) is 7.53. The molecule has 2 heterocycles. The van der Waals surface area contributed by atoms with E-state index in [1.54, 1.807) is 13.1 Å². The molecule has 0 aliphatic heterocycles. The van der Waals surface area contributed by atoms with E-state index in [1.165, 1.54) is 11.2 Å². The molecule has 0 radical (unpaired) electrons. The summed E-state index contributed by atoms with van der Waals surface area (Å²) < 4.78 is 5.24. The Morgan fingerprint density at radius 3 is 2.74 bits per heavy atom. The monoisotopic (exact) mass is 364 g/mol. The van der Waals surface area contributed by atoms with E-state index in [0.717, 1.165) is 37.1 Å². The first-order valence-electron chi connectivity index (χ1n) is 9.02. The van der Waals surface area contributed by atoms with Gasteiger partial charge in [0.05, 0.1) is 11.9 Å². The first kappa shape index (κ1) is 17.1. The second-order valence-electron chi connectivity index (χ2n) is 6.50. The number of aromatic nitrogens is 4. The van der Waals surface area contributed by atoms with Crippen molar-refractivity contribution in [2.75, 3.05) is 0 Å². The van der Waals surface area contributed by atoms with Gasteiger partial charge in [-0.2, -0.15) is 15.0 Å². The number of hydrogen-bond acceptors (Lipinski definition) is 6. The molecule has 4 rings (SSSR count). The van der Waals surface area contributed by atoms with E-state index in [0.29, 0.717) is 22.7 Å². The van der Waals surface area contributed by atoms with Crippen LogP contribution in [0.15, 0.2) is 46.2 Å². The number of carbonyl (C=O) groups is 1. The smallest absolute Gasteiger partial charge is 0.277 e. The fourth-order valence-electron chi connectivity index (χ4n) is 3.13. The van der Waals surface area contributed by atoms with Crippen LogP contribution in [0.5, 0.6) is 0 Å². The predicted octanol–water partition coefficient (Wildman–Crippen LogP) is 3.28. The van der Waals surface area contributed by atoms with Crippen molar-refractivity contribution in [2.24, 2.45) is 5.10 Å². The first-order chi connectivity index (χ1) is 13.2. The summed E-state index contributed by atoms with van der Waals surface area (Å²) in [5.41, 5.74) is 5.63. The molecule has 8 nitrogen and oxygen atoms in total. The molecule has 138 valence electrons. The fourth-order valence-corrected chi connectivity index (χ4v) is 3.13. The average molecular weight is 364 g/mol. The van der Waals surface area contributed by atoms with Crippen molar-refractivity contribution >= 4 is 11.6 Å². The van der Waals surface area contributed by atoms with E-state index >= 15 is 0 Å². The van der Waals surface area contributed by atoms with E-state index in [-0.39, 0.29) is 5.91 Å². The van der Waals surface area contributed by atoms with Gasteiger partial charge in [-0.1, -0.05) is 29.8 Å². The first-order valence-corrected chi connectivity index (χ1v) is 9.02. The molecular weight excluding hydrogens is 344 g/mol. The molecular formula is C19H20N6O2. The van der Waals surface area contributed by atoms with E-state index in [1.807, 2.05) is 30.3 Å². The van der Waals surface area contributed by atoms with Crippen molar-refractivity contribution in [3.05, 3.63) is 47.9 Å². The summed E-state index contributed by atoms with van der Waals surface area (Å²) in [4.78, 5) is 14.2. The Kier molecular flexibility index (Phi) is 4.78. The fraction of sp³-hybridized carbons (Fsp3) is 0.316. The van der Waals surface area contributed by atoms with E-state index < -0.39 is 0 Å². The third-order valence-corrected chi connectivity index (χ3v) is 4.56. The number of carbonyl (C=O) groups excluding carboxylic acids is 1. The van der Waals surface area contributed by atoms with Gasteiger partial charge < -0.3 is 4.52 Å². The standard InChI is InChI=1S/C19H20N6O2/c1-13-17(19(26)22-21-14-8-4-2-5-9-14)18(24-27-13)16-12-20-25(23-16)15-10-6-3-7-11-15/h3,6-7,10-12H,2,4-5,8-9H2,1H3,(H,22,26). The summed E-state index contributed by atoms with van der Waals surface area (Å²) in [7, 11) is 0. The lowest BCUT2D eigenvalue weighted by molar-refractivity contribution is 0.0953. The number of nitrogens with one attached hydrogen (secondary N) is 1. The lowest BCUT2D eigenvalue weighted by atomic mass is 9.99. The van der Waals surface area contributed by atoms with E-state index in [4.69, 9.17) is 4.52 Å².